The van der Waals surface area contributed by atoms with Gasteiger partial charge in [-0.25, -0.2) is 0 Å². The van der Waals surface area contributed by atoms with Crippen LogP contribution >= 0.6 is 0 Å². The number of aromatic hydroxyl groups is 1. The van der Waals surface area contributed by atoms with Crippen molar-refractivity contribution in [3.8, 4) is 11.5 Å². The third-order valence-electron chi connectivity index (χ3n) is 1.98. The monoisotopic (exact) mass is 178 g/mol. The number of allylic oxidation sites excluding steroid dienone is 1. The lowest BCUT2D eigenvalue weighted by molar-refractivity contribution is 0.402. The fourth-order valence-electron chi connectivity index (χ4n) is 1.24. The summed E-state index contributed by atoms with van der Waals surface area (Å²) in [6.07, 6.45) is 3.75. The lowest BCUT2D eigenvalue weighted by atomic mass is 10.1. The lowest BCUT2D eigenvalue weighted by Gasteiger charge is -2.08. The third-order valence-corrected chi connectivity index (χ3v) is 1.98. The first kappa shape index (κ1) is 9.65. The van der Waals surface area contributed by atoms with E-state index in [-0.39, 0.29) is 5.75 Å². The van der Waals surface area contributed by atoms with E-state index in [1.54, 1.807) is 7.11 Å². The fraction of sp³-hybridized carbons (Fsp3) is 0.273. The second kappa shape index (κ2) is 3.99. The molecule has 70 valence electrons. The molecule has 0 bridgehead atoms. The van der Waals surface area contributed by atoms with Crippen LogP contribution in [0.2, 0.25) is 0 Å². The van der Waals surface area contributed by atoms with Crippen LogP contribution < -0.4 is 4.74 Å². The highest BCUT2D eigenvalue weighted by molar-refractivity contribution is 5.62. The molecule has 1 aromatic rings. The molecule has 0 saturated heterocycles. The van der Waals surface area contributed by atoms with Crippen molar-refractivity contribution in [3.05, 3.63) is 29.3 Å². The zero-order valence-corrected chi connectivity index (χ0v) is 8.16. The van der Waals surface area contributed by atoms with E-state index < -0.39 is 0 Å². The summed E-state index contributed by atoms with van der Waals surface area (Å²) in [7, 11) is 1.59. The van der Waals surface area contributed by atoms with Crippen molar-refractivity contribution in [2.75, 3.05) is 7.11 Å². The second-order valence-corrected chi connectivity index (χ2v) is 2.83. The van der Waals surface area contributed by atoms with E-state index in [1.165, 1.54) is 0 Å². The smallest absolute Gasteiger partial charge is 0.129 e. The largest absolute Gasteiger partial charge is 0.507 e. The number of hydrogen-bond donors (Lipinski definition) is 1. The average molecular weight is 178 g/mol. The van der Waals surface area contributed by atoms with Crippen LogP contribution in [-0.4, -0.2) is 12.2 Å². The molecule has 0 heterocycles. The summed E-state index contributed by atoms with van der Waals surface area (Å²) < 4.78 is 5.07. The van der Waals surface area contributed by atoms with Crippen LogP contribution in [0.15, 0.2) is 18.2 Å². The molecule has 0 unspecified atom stereocenters. The summed E-state index contributed by atoms with van der Waals surface area (Å²) in [4.78, 5) is 0. The van der Waals surface area contributed by atoms with Gasteiger partial charge in [0.25, 0.3) is 0 Å². The van der Waals surface area contributed by atoms with Gasteiger partial charge in [0.05, 0.1) is 7.11 Å². The van der Waals surface area contributed by atoms with Crippen molar-refractivity contribution >= 4 is 6.08 Å². The van der Waals surface area contributed by atoms with Crippen LogP contribution in [0.3, 0.4) is 0 Å². The average Bonchev–Trinajstić information content (AvgIpc) is 2.14. The summed E-state index contributed by atoms with van der Waals surface area (Å²) >= 11 is 0. The number of benzene rings is 1. The van der Waals surface area contributed by atoms with Crippen molar-refractivity contribution in [3.63, 3.8) is 0 Å². The highest BCUT2D eigenvalue weighted by Gasteiger charge is 2.06. The number of phenols is 1. The minimum absolute atomic E-state index is 0.289. The molecule has 1 N–H and O–H groups in total. The van der Waals surface area contributed by atoms with E-state index in [2.05, 4.69) is 0 Å². The van der Waals surface area contributed by atoms with Crippen LogP contribution in [-0.2, 0) is 0 Å². The summed E-state index contributed by atoms with van der Waals surface area (Å²) in [6.45, 7) is 3.75. The molecular weight excluding hydrogens is 164 g/mol. The van der Waals surface area contributed by atoms with E-state index in [1.807, 2.05) is 38.1 Å². The molecule has 13 heavy (non-hydrogen) atoms. The Bertz CT molecular complexity index is 327. The van der Waals surface area contributed by atoms with Gasteiger partial charge in [-0.3, -0.25) is 0 Å². The maximum absolute atomic E-state index is 9.71. The van der Waals surface area contributed by atoms with Crippen molar-refractivity contribution in [2.24, 2.45) is 0 Å². The Labute approximate surface area is 78.5 Å². The molecule has 0 aliphatic heterocycles. The van der Waals surface area contributed by atoms with Gasteiger partial charge in [-0.05, 0) is 26.0 Å². The molecule has 0 saturated carbocycles. The summed E-state index contributed by atoms with van der Waals surface area (Å²) in [6, 6.07) is 3.69. The van der Waals surface area contributed by atoms with Gasteiger partial charge >= 0.3 is 0 Å². The normalized spacial score (nSPS) is 10.7. The fourth-order valence-corrected chi connectivity index (χ4v) is 1.24. The van der Waals surface area contributed by atoms with Gasteiger partial charge in [-0.2, -0.15) is 0 Å². The highest BCUT2D eigenvalue weighted by atomic mass is 16.5. The Morgan fingerprint density at radius 3 is 2.62 bits per heavy atom. The van der Waals surface area contributed by atoms with Crippen LogP contribution in [0, 0.1) is 6.92 Å². The van der Waals surface area contributed by atoms with E-state index in [0.29, 0.717) is 5.75 Å². The number of phenolic OH excluding ortho intramolecular Hbond substituents is 1. The number of methoxy groups -OCH3 is 1. The van der Waals surface area contributed by atoms with Gasteiger partial charge < -0.3 is 9.84 Å². The maximum Gasteiger partial charge on any atom is 0.129 e. The molecular formula is C11H14O2. The Morgan fingerprint density at radius 1 is 1.38 bits per heavy atom. The van der Waals surface area contributed by atoms with Gasteiger partial charge in [0, 0.05) is 11.1 Å². The molecule has 2 heteroatoms. The topological polar surface area (TPSA) is 29.5 Å². The molecule has 2 nitrogen and oxygen atoms in total. The molecule has 0 aliphatic rings. The second-order valence-electron chi connectivity index (χ2n) is 2.83. The zero-order valence-electron chi connectivity index (χ0n) is 8.16. The molecule has 0 radical (unpaired) electrons. The first-order valence-corrected chi connectivity index (χ1v) is 4.20. The van der Waals surface area contributed by atoms with E-state index in [0.717, 1.165) is 11.1 Å². The lowest BCUT2D eigenvalue weighted by Crippen LogP contribution is -1.88. The standard InChI is InChI=1S/C11H14O2/c1-4-5-9-6-7-10(13-3)8(2)11(9)12/h4-7,12H,1-3H3. The summed E-state index contributed by atoms with van der Waals surface area (Å²) in [5.41, 5.74) is 1.60. The van der Waals surface area contributed by atoms with E-state index in [9.17, 15) is 5.11 Å². The SMILES string of the molecule is CC=Cc1ccc(OC)c(C)c1O. The van der Waals surface area contributed by atoms with Gasteiger partial charge in [0.1, 0.15) is 11.5 Å². The predicted molar refractivity (Wildman–Crippen MR) is 54.1 cm³/mol. The van der Waals surface area contributed by atoms with Crippen LogP contribution in [0.1, 0.15) is 18.1 Å². The molecule has 0 fully saturated rings. The molecule has 0 aliphatic carbocycles. The van der Waals surface area contributed by atoms with Crippen LogP contribution in [0.4, 0.5) is 0 Å². The molecule has 0 amide bonds. The van der Waals surface area contributed by atoms with Gasteiger partial charge in [-0.1, -0.05) is 12.2 Å². The maximum atomic E-state index is 9.71. The molecule has 0 atom stereocenters. The van der Waals surface area contributed by atoms with E-state index >= 15 is 0 Å². The summed E-state index contributed by atoms with van der Waals surface area (Å²) in [5.74, 6) is 1.00. The Balaban J connectivity index is 3.22. The van der Waals surface area contributed by atoms with Crippen LogP contribution in [0.25, 0.3) is 6.08 Å². The molecule has 1 rings (SSSR count). The van der Waals surface area contributed by atoms with Gasteiger partial charge in [0.2, 0.25) is 0 Å². The van der Waals surface area contributed by atoms with Crippen molar-refractivity contribution in [1.82, 2.24) is 0 Å². The molecule has 1 aromatic carbocycles. The predicted octanol–water partition coefficient (Wildman–Crippen LogP) is 2.74. The minimum atomic E-state index is 0.289. The number of ether oxygens (including phenoxy) is 1. The molecule has 0 aromatic heterocycles. The minimum Gasteiger partial charge on any atom is -0.507 e. The Hall–Kier alpha value is -1.44. The Kier molecular flexibility index (Phi) is 2.96. The number of rotatable bonds is 2. The first-order chi connectivity index (χ1) is 6.20. The van der Waals surface area contributed by atoms with Crippen molar-refractivity contribution in [2.45, 2.75) is 13.8 Å². The zero-order chi connectivity index (χ0) is 9.84. The first-order valence-electron chi connectivity index (χ1n) is 4.20. The quantitative estimate of drug-likeness (QED) is 0.754. The highest BCUT2D eigenvalue weighted by Crippen LogP contribution is 2.30. The summed E-state index contributed by atoms with van der Waals surface area (Å²) in [5, 5.41) is 9.71. The van der Waals surface area contributed by atoms with Crippen molar-refractivity contribution in [1.29, 1.82) is 0 Å². The van der Waals surface area contributed by atoms with Crippen LogP contribution in [0.5, 0.6) is 11.5 Å². The van der Waals surface area contributed by atoms with Gasteiger partial charge in [0.15, 0.2) is 0 Å². The third kappa shape index (κ3) is 1.83. The molecule has 0 spiro atoms. The van der Waals surface area contributed by atoms with Gasteiger partial charge in [-0.15, -0.1) is 0 Å². The van der Waals surface area contributed by atoms with Crippen molar-refractivity contribution < 1.29 is 9.84 Å². The Morgan fingerprint density at radius 2 is 2.08 bits per heavy atom. The van der Waals surface area contributed by atoms with E-state index in [4.69, 9.17) is 4.74 Å². The number of hydrogen-bond acceptors (Lipinski definition) is 2.